The van der Waals surface area contributed by atoms with Crippen molar-refractivity contribution in [2.24, 2.45) is 11.8 Å². The van der Waals surface area contributed by atoms with Gasteiger partial charge in [-0.2, -0.15) is 0 Å². The van der Waals surface area contributed by atoms with Crippen molar-refractivity contribution in [2.45, 2.75) is 38.5 Å². The SMILES string of the molecule is Cl.O=C1C2CCCCC2C(=O)N1CCCCN1CCN(c2cccc(Cl)c2)CC1. The summed E-state index contributed by atoms with van der Waals surface area (Å²) in [6.45, 7) is 5.73. The number of likely N-dealkylation sites (tertiary alicyclic amines) is 1. The third kappa shape index (κ3) is 5.07. The van der Waals surface area contributed by atoms with Crippen LogP contribution in [0.15, 0.2) is 24.3 Å². The molecule has 1 aliphatic carbocycles. The van der Waals surface area contributed by atoms with E-state index in [0.29, 0.717) is 6.54 Å². The smallest absolute Gasteiger partial charge is 0.233 e. The molecule has 5 nitrogen and oxygen atoms in total. The van der Waals surface area contributed by atoms with E-state index in [-0.39, 0.29) is 36.1 Å². The molecule has 3 aliphatic rings. The number of imide groups is 1. The summed E-state index contributed by atoms with van der Waals surface area (Å²) >= 11 is 6.10. The first-order valence-corrected chi connectivity index (χ1v) is 11.1. The minimum absolute atomic E-state index is 0. The third-order valence-corrected chi connectivity index (χ3v) is 6.82. The lowest BCUT2D eigenvalue weighted by atomic mass is 9.81. The highest BCUT2D eigenvalue weighted by molar-refractivity contribution is 6.30. The molecule has 0 aromatic heterocycles. The maximum Gasteiger partial charge on any atom is 0.233 e. The fourth-order valence-electron chi connectivity index (χ4n) is 4.96. The van der Waals surface area contributed by atoms with Crippen molar-refractivity contribution in [1.82, 2.24) is 9.80 Å². The number of benzene rings is 1. The molecule has 2 aliphatic heterocycles. The van der Waals surface area contributed by atoms with E-state index in [4.69, 9.17) is 11.6 Å². The zero-order chi connectivity index (χ0) is 19.5. The quantitative estimate of drug-likeness (QED) is 0.498. The van der Waals surface area contributed by atoms with E-state index in [1.165, 1.54) is 5.69 Å². The third-order valence-electron chi connectivity index (χ3n) is 6.58. The second-order valence-electron chi connectivity index (χ2n) is 8.34. The Balaban J connectivity index is 0.00000240. The van der Waals surface area contributed by atoms with Gasteiger partial charge in [0.15, 0.2) is 0 Å². The minimum Gasteiger partial charge on any atom is -0.369 e. The molecule has 4 rings (SSSR count). The van der Waals surface area contributed by atoms with Crippen LogP contribution in [0.5, 0.6) is 0 Å². The number of anilines is 1. The van der Waals surface area contributed by atoms with Crippen molar-refractivity contribution in [3.63, 3.8) is 0 Å². The summed E-state index contributed by atoms with van der Waals surface area (Å²) in [7, 11) is 0. The summed E-state index contributed by atoms with van der Waals surface area (Å²) in [6, 6.07) is 8.05. The maximum atomic E-state index is 12.5. The van der Waals surface area contributed by atoms with Crippen molar-refractivity contribution in [2.75, 3.05) is 44.2 Å². The van der Waals surface area contributed by atoms with Crippen LogP contribution in [0.2, 0.25) is 5.02 Å². The number of fused-ring (bicyclic) bond motifs is 1. The van der Waals surface area contributed by atoms with E-state index in [1.54, 1.807) is 4.90 Å². The standard InChI is InChI=1S/C22H30ClN3O2.ClH/c23-17-6-5-7-18(16-17)25-14-12-24(13-15-25)10-3-4-11-26-21(27)19-8-1-2-9-20(19)22(26)28;/h5-7,16,19-20H,1-4,8-15H2;1H. The Morgan fingerprint density at radius 3 is 2.14 bits per heavy atom. The predicted molar refractivity (Wildman–Crippen MR) is 119 cm³/mol. The van der Waals surface area contributed by atoms with Gasteiger partial charge in [-0.15, -0.1) is 12.4 Å². The van der Waals surface area contributed by atoms with Gasteiger partial charge in [-0.3, -0.25) is 19.4 Å². The summed E-state index contributed by atoms with van der Waals surface area (Å²) in [5.74, 6) is 0.177. The number of nitrogens with zero attached hydrogens (tertiary/aromatic N) is 3. The molecule has 7 heteroatoms. The highest BCUT2D eigenvalue weighted by atomic mass is 35.5. The van der Waals surface area contributed by atoms with Gasteiger partial charge in [-0.25, -0.2) is 0 Å². The Morgan fingerprint density at radius 2 is 1.52 bits per heavy atom. The molecule has 1 saturated carbocycles. The number of carbonyl (C=O) groups is 2. The van der Waals surface area contributed by atoms with Crippen LogP contribution in [-0.2, 0) is 9.59 Å². The summed E-state index contributed by atoms with van der Waals surface area (Å²) in [6.07, 6.45) is 5.94. The zero-order valence-electron chi connectivity index (χ0n) is 16.9. The van der Waals surface area contributed by atoms with Crippen LogP contribution in [0.3, 0.4) is 0 Å². The molecule has 0 radical (unpaired) electrons. The average molecular weight is 440 g/mol. The first-order valence-electron chi connectivity index (χ1n) is 10.7. The van der Waals surface area contributed by atoms with Crippen LogP contribution in [0.25, 0.3) is 0 Å². The summed E-state index contributed by atoms with van der Waals surface area (Å²) in [4.78, 5) is 31.5. The number of amides is 2. The lowest BCUT2D eigenvalue weighted by Gasteiger charge is -2.36. The normalized spacial score (nSPS) is 25.1. The Kier molecular flexibility index (Phi) is 7.83. The van der Waals surface area contributed by atoms with Gasteiger partial charge in [-0.1, -0.05) is 30.5 Å². The summed E-state index contributed by atoms with van der Waals surface area (Å²) in [5, 5.41) is 0.783. The fourth-order valence-corrected chi connectivity index (χ4v) is 5.14. The molecular weight excluding hydrogens is 409 g/mol. The van der Waals surface area contributed by atoms with Gasteiger partial charge in [0.25, 0.3) is 0 Å². The van der Waals surface area contributed by atoms with Gasteiger partial charge >= 0.3 is 0 Å². The average Bonchev–Trinajstić information content (AvgIpc) is 2.96. The molecule has 160 valence electrons. The van der Waals surface area contributed by atoms with Crippen molar-refractivity contribution in [3.8, 4) is 0 Å². The molecule has 0 N–H and O–H groups in total. The van der Waals surface area contributed by atoms with Crippen LogP contribution in [-0.4, -0.2) is 60.9 Å². The lowest BCUT2D eigenvalue weighted by Crippen LogP contribution is -2.46. The van der Waals surface area contributed by atoms with Crippen LogP contribution in [0, 0.1) is 11.8 Å². The van der Waals surface area contributed by atoms with Gasteiger partial charge in [0.2, 0.25) is 11.8 Å². The van der Waals surface area contributed by atoms with Crippen LogP contribution in [0.1, 0.15) is 38.5 Å². The zero-order valence-corrected chi connectivity index (χ0v) is 18.5. The molecular formula is C22H31Cl2N3O2. The van der Waals surface area contributed by atoms with E-state index in [2.05, 4.69) is 15.9 Å². The Hall–Kier alpha value is -1.30. The highest BCUT2D eigenvalue weighted by Gasteiger charge is 2.47. The number of halogens is 2. The fraction of sp³-hybridized carbons (Fsp3) is 0.636. The van der Waals surface area contributed by atoms with Crippen LogP contribution in [0.4, 0.5) is 5.69 Å². The highest BCUT2D eigenvalue weighted by Crippen LogP contribution is 2.38. The van der Waals surface area contributed by atoms with Gasteiger partial charge in [0.05, 0.1) is 11.8 Å². The number of unbranched alkanes of at least 4 members (excludes halogenated alkanes) is 1. The molecule has 1 aromatic carbocycles. The second-order valence-corrected chi connectivity index (χ2v) is 8.78. The molecule has 0 bridgehead atoms. The van der Waals surface area contributed by atoms with Gasteiger partial charge < -0.3 is 4.90 Å². The van der Waals surface area contributed by atoms with E-state index in [9.17, 15) is 9.59 Å². The van der Waals surface area contributed by atoms with Gasteiger partial charge in [-0.05, 0) is 50.4 Å². The van der Waals surface area contributed by atoms with Crippen molar-refractivity contribution in [1.29, 1.82) is 0 Å². The first kappa shape index (κ1) is 22.4. The first-order chi connectivity index (χ1) is 13.6. The number of rotatable bonds is 6. The molecule has 2 heterocycles. The molecule has 1 aromatic rings. The number of carbonyl (C=O) groups excluding carboxylic acids is 2. The van der Waals surface area contributed by atoms with E-state index in [0.717, 1.165) is 76.3 Å². The molecule has 0 spiro atoms. The van der Waals surface area contributed by atoms with E-state index >= 15 is 0 Å². The number of piperazine rings is 1. The Bertz CT molecular complexity index is 698. The molecule has 2 amide bonds. The second kappa shape index (κ2) is 10.1. The molecule has 2 saturated heterocycles. The van der Waals surface area contributed by atoms with Crippen LogP contribution < -0.4 is 4.90 Å². The van der Waals surface area contributed by atoms with Crippen molar-refractivity contribution < 1.29 is 9.59 Å². The largest absolute Gasteiger partial charge is 0.369 e. The van der Waals surface area contributed by atoms with Crippen molar-refractivity contribution in [3.05, 3.63) is 29.3 Å². The molecule has 2 atom stereocenters. The Morgan fingerprint density at radius 1 is 0.897 bits per heavy atom. The maximum absolute atomic E-state index is 12.5. The predicted octanol–water partition coefficient (Wildman–Crippen LogP) is 3.84. The monoisotopic (exact) mass is 439 g/mol. The van der Waals surface area contributed by atoms with E-state index < -0.39 is 0 Å². The summed E-state index contributed by atoms with van der Waals surface area (Å²) in [5.41, 5.74) is 1.19. The topological polar surface area (TPSA) is 43.9 Å². The lowest BCUT2D eigenvalue weighted by molar-refractivity contribution is -0.140. The molecule has 3 fully saturated rings. The molecule has 29 heavy (non-hydrogen) atoms. The van der Waals surface area contributed by atoms with Crippen molar-refractivity contribution >= 4 is 41.5 Å². The molecule has 2 unspecified atom stereocenters. The van der Waals surface area contributed by atoms with Crippen LogP contribution >= 0.6 is 24.0 Å². The number of hydrogen-bond acceptors (Lipinski definition) is 4. The van der Waals surface area contributed by atoms with Gasteiger partial charge in [0.1, 0.15) is 0 Å². The number of hydrogen-bond donors (Lipinski definition) is 0. The van der Waals surface area contributed by atoms with Gasteiger partial charge in [0, 0.05) is 43.4 Å². The summed E-state index contributed by atoms with van der Waals surface area (Å²) < 4.78 is 0. The Labute approximate surface area is 184 Å². The van der Waals surface area contributed by atoms with E-state index in [1.807, 2.05) is 18.2 Å². The minimum atomic E-state index is -0.0131.